The van der Waals surface area contributed by atoms with Crippen molar-refractivity contribution in [2.24, 2.45) is 0 Å². The highest BCUT2D eigenvalue weighted by atomic mass is 15.3. The molecule has 20 heavy (non-hydrogen) atoms. The van der Waals surface area contributed by atoms with Crippen molar-refractivity contribution in [3.63, 3.8) is 0 Å². The molecule has 2 rings (SSSR count). The van der Waals surface area contributed by atoms with Crippen LogP contribution in [0.2, 0.25) is 0 Å². The van der Waals surface area contributed by atoms with E-state index in [1.807, 2.05) is 0 Å². The Bertz CT molecular complexity index is 371. The second-order valence-electron chi connectivity index (χ2n) is 5.62. The first-order valence-electron chi connectivity index (χ1n) is 7.98. The molecule has 1 aromatic carbocycles. The minimum atomic E-state index is 0.425. The van der Waals surface area contributed by atoms with E-state index >= 15 is 0 Å². The number of nitrogens with one attached hydrogen (secondary N) is 1. The smallest absolute Gasteiger partial charge is 0.0475 e. The minimum absolute atomic E-state index is 0.425. The summed E-state index contributed by atoms with van der Waals surface area (Å²) >= 11 is 0. The van der Waals surface area contributed by atoms with Crippen molar-refractivity contribution in [2.45, 2.75) is 32.4 Å². The zero-order valence-electron chi connectivity index (χ0n) is 13.2. The Balaban J connectivity index is 2.06. The van der Waals surface area contributed by atoms with Crippen LogP contribution in [0.3, 0.4) is 0 Å². The van der Waals surface area contributed by atoms with Crippen LogP contribution in [0.4, 0.5) is 0 Å². The third-order valence-electron chi connectivity index (χ3n) is 4.60. The zero-order valence-corrected chi connectivity index (χ0v) is 13.2. The summed E-state index contributed by atoms with van der Waals surface area (Å²) in [5, 5.41) is 3.54. The quantitative estimate of drug-likeness (QED) is 0.860. The summed E-state index contributed by atoms with van der Waals surface area (Å²) in [6.07, 6.45) is 1.19. The zero-order chi connectivity index (χ0) is 14.4. The van der Waals surface area contributed by atoms with Crippen LogP contribution < -0.4 is 5.32 Å². The van der Waals surface area contributed by atoms with Gasteiger partial charge in [-0.15, -0.1) is 0 Å². The van der Waals surface area contributed by atoms with Crippen LogP contribution >= 0.6 is 0 Å². The Hall–Kier alpha value is -0.900. The van der Waals surface area contributed by atoms with Crippen LogP contribution in [0.5, 0.6) is 0 Å². The lowest BCUT2D eigenvalue weighted by atomic mass is 9.95. The van der Waals surface area contributed by atoms with Gasteiger partial charge in [0.15, 0.2) is 0 Å². The molecule has 1 aromatic rings. The third-order valence-corrected chi connectivity index (χ3v) is 4.60. The first kappa shape index (κ1) is 15.5. The van der Waals surface area contributed by atoms with Gasteiger partial charge in [0, 0.05) is 38.3 Å². The fourth-order valence-corrected chi connectivity index (χ4v) is 3.36. The van der Waals surface area contributed by atoms with Gasteiger partial charge in [-0.1, -0.05) is 44.2 Å². The van der Waals surface area contributed by atoms with Crippen LogP contribution in [0.25, 0.3) is 0 Å². The van der Waals surface area contributed by atoms with Crippen molar-refractivity contribution >= 4 is 0 Å². The maximum Gasteiger partial charge on any atom is 0.0475 e. The van der Waals surface area contributed by atoms with E-state index in [4.69, 9.17) is 0 Å². The predicted octanol–water partition coefficient (Wildman–Crippen LogP) is 2.36. The van der Waals surface area contributed by atoms with Gasteiger partial charge in [-0.2, -0.15) is 0 Å². The van der Waals surface area contributed by atoms with Crippen molar-refractivity contribution in [2.75, 3.05) is 39.8 Å². The van der Waals surface area contributed by atoms with Gasteiger partial charge in [0.2, 0.25) is 0 Å². The first-order valence-corrected chi connectivity index (χ1v) is 7.98. The summed E-state index contributed by atoms with van der Waals surface area (Å²) < 4.78 is 0. The highest BCUT2D eigenvalue weighted by molar-refractivity contribution is 5.20. The monoisotopic (exact) mass is 275 g/mol. The molecule has 112 valence electrons. The highest BCUT2D eigenvalue weighted by Gasteiger charge is 2.28. The molecule has 0 aromatic heterocycles. The SMILES string of the molecule is CCC(C(NC)c1ccccc1)N1CCN(CC)CC1. The van der Waals surface area contributed by atoms with Gasteiger partial charge in [-0.3, -0.25) is 4.90 Å². The molecule has 0 amide bonds. The second-order valence-corrected chi connectivity index (χ2v) is 5.62. The van der Waals surface area contributed by atoms with Crippen LogP contribution in [-0.4, -0.2) is 55.6 Å². The molecular weight excluding hydrogens is 246 g/mol. The summed E-state index contributed by atoms with van der Waals surface area (Å²) in [4.78, 5) is 5.21. The molecule has 1 aliphatic heterocycles. The molecule has 1 saturated heterocycles. The lowest BCUT2D eigenvalue weighted by molar-refractivity contribution is 0.0799. The molecular formula is C17H29N3. The number of rotatable bonds is 6. The van der Waals surface area contributed by atoms with Crippen LogP contribution in [0.15, 0.2) is 30.3 Å². The van der Waals surface area contributed by atoms with E-state index < -0.39 is 0 Å². The first-order chi connectivity index (χ1) is 9.80. The van der Waals surface area contributed by atoms with Crippen molar-refractivity contribution in [1.82, 2.24) is 15.1 Å². The van der Waals surface area contributed by atoms with E-state index in [0.717, 1.165) is 0 Å². The molecule has 2 unspecified atom stereocenters. The third kappa shape index (κ3) is 3.60. The van der Waals surface area contributed by atoms with Gasteiger partial charge >= 0.3 is 0 Å². The maximum absolute atomic E-state index is 3.54. The van der Waals surface area contributed by atoms with Gasteiger partial charge in [-0.05, 0) is 25.6 Å². The number of hydrogen-bond acceptors (Lipinski definition) is 3. The molecule has 2 atom stereocenters. The van der Waals surface area contributed by atoms with Crippen LogP contribution in [-0.2, 0) is 0 Å². The van der Waals surface area contributed by atoms with Gasteiger partial charge in [0.05, 0.1) is 0 Å². The molecule has 1 N–H and O–H groups in total. The van der Waals surface area contributed by atoms with Crippen molar-refractivity contribution in [3.8, 4) is 0 Å². The maximum atomic E-state index is 3.54. The van der Waals surface area contributed by atoms with E-state index in [-0.39, 0.29) is 0 Å². The Morgan fingerprint density at radius 2 is 1.70 bits per heavy atom. The number of piperazine rings is 1. The Morgan fingerprint density at radius 1 is 1.05 bits per heavy atom. The Kier molecular flexibility index (Phi) is 6.02. The second kappa shape index (κ2) is 7.77. The van der Waals surface area contributed by atoms with Gasteiger partial charge in [-0.25, -0.2) is 0 Å². The fraction of sp³-hybridized carbons (Fsp3) is 0.647. The number of benzene rings is 1. The highest BCUT2D eigenvalue weighted by Crippen LogP contribution is 2.24. The minimum Gasteiger partial charge on any atom is -0.312 e. The van der Waals surface area contributed by atoms with Gasteiger partial charge in [0.25, 0.3) is 0 Å². The van der Waals surface area contributed by atoms with E-state index in [0.29, 0.717) is 12.1 Å². The fourth-order valence-electron chi connectivity index (χ4n) is 3.36. The summed E-state index contributed by atoms with van der Waals surface area (Å²) in [7, 11) is 2.09. The number of likely N-dealkylation sites (N-methyl/N-ethyl adjacent to an activating group) is 2. The molecule has 0 bridgehead atoms. The van der Waals surface area contributed by atoms with Crippen LogP contribution in [0, 0.1) is 0 Å². The largest absolute Gasteiger partial charge is 0.312 e. The van der Waals surface area contributed by atoms with Crippen molar-refractivity contribution < 1.29 is 0 Å². The van der Waals surface area contributed by atoms with Crippen LogP contribution in [0.1, 0.15) is 31.9 Å². The summed E-state index contributed by atoms with van der Waals surface area (Å²) in [5.74, 6) is 0. The summed E-state index contributed by atoms with van der Waals surface area (Å²) in [6, 6.07) is 11.9. The lowest BCUT2D eigenvalue weighted by Crippen LogP contribution is -2.53. The van der Waals surface area contributed by atoms with Crippen molar-refractivity contribution in [1.29, 1.82) is 0 Å². The molecule has 0 saturated carbocycles. The Morgan fingerprint density at radius 3 is 2.20 bits per heavy atom. The Labute approximate surface area is 124 Å². The molecule has 0 aliphatic carbocycles. The molecule has 3 heteroatoms. The van der Waals surface area contributed by atoms with E-state index in [1.165, 1.54) is 44.7 Å². The van der Waals surface area contributed by atoms with E-state index in [2.05, 4.69) is 66.3 Å². The topological polar surface area (TPSA) is 18.5 Å². The number of nitrogens with zero attached hydrogens (tertiary/aromatic N) is 2. The predicted molar refractivity (Wildman–Crippen MR) is 86.0 cm³/mol. The van der Waals surface area contributed by atoms with E-state index in [9.17, 15) is 0 Å². The molecule has 1 fully saturated rings. The molecule has 1 aliphatic rings. The standard InChI is InChI=1S/C17H29N3/c1-4-16(20-13-11-19(5-2)12-14-20)17(18-3)15-9-7-6-8-10-15/h6-10,16-18H,4-5,11-14H2,1-3H3. The van der Waals surface area contributed by atoms with Crippen molar-refractivity contribution in [3.05, 3.63) is 35.9 Å². The molecule has 3 nitrogen and oxygen atoms in total. The average Bonchev–Trinajstić information content (AvgIpc) is 2.53. The molecule has 0 radical (unpaired) electrons. The average molecular weight is 275 g/mol. The summed E-state index contributed by atoms with van der Waals surface area (Å²) in [5.41, 5.74) is 1.40. The summed E-state index contributed by atoms with van der Waals surface area (Å²) in [6.45, 7) is 10.5. The molecule has 0 spiro atoms. The van der Waals surface area contributed by atoms with Gasteiger partial charge < -0.3 is 10.2 Å². The number of hydrogen-bond donors (Lipinski definition) is 1. The molecule has 1 heterocycles. The van der Waals surface area contributed by atoms with Gasteiger partial charge in [0.1, 0.15) is 0 Å². The van der Waals surface area contributed by atoms with E-state index in [1.54, 1.807) is 0 Å². The lowest BCUT2D eigenvalue weighted by Gasteiger charge is -2.42. The normalized spacial score (nSPS) is 20.8.